The van der Waals surface area contributed by atoms with Crippen molar-refractivity contribution in [1.29, 1.82) is 0 Å². The molecule has 43 heavy (non-hydrogen) atoms. The van der Waals surface area contributed by atoms with Crippen molar-refractivity contribution in [3.05, 3.63) is 71.8 Å². The fraction of sp³-hybridized carbons (Fsp3) is 0.200. The molecule has 0 bridgehead atoms. The van der Waals surface area contributed by atoms with E-state index in [2.05, 4.69) is 29.7 Å². The topological polar surface area (TPSA) is 110 Å². The molecular formula is C30H34Cl4N8Pt. The van der Waals surface area contributed by atoms with Crippen LogP contribution in [-0.4, -0.2) is 48.1 Å². The van der Waals surface area contributed by atoms with E-state index in [9.17, 15) is 0 Å². The molecule has 4 N–H and O–H groups in total. The minimum atomic E-state index is 0. The summed E-state index contributed by atoms with van der Waals surface area (Å²) < 4.78 is 0. The second kappa shape index (κ2) is 16.3. The first-order valence-electron chi connectivity index (χ1n) is 12.4. The number of hydrogen-bond acceptors (Lipinski definition) is 8. The van der Waals surface area contributed by atoms with Crippen molar-refractivity contribution in [3.63, 3.8) is 0 Å². The van der Waals surface area contributed by atoms with Gasteiger partial charge in [0.15, 0.2) is 0 Å². The van der Waals surface area contributed by atoms with Crippen LogP contribution < -0.4 is 70.9 Å². The Labute approximate surface area is 293 Å². The maximum absolute atomic E-state index is 5.93. The van der Waals surface area contributed by atoms with E-state index in [4.69, 9.17) is 11.5 Å². The Morgan fingerprint density at radius 3 is 1.07 bits per heavy atom. The molecule has 0 spiro atoms. The number of fused-ring (bicyclic) bond motifs is 4. The van der Waals surface area contributed by atoms with Crippen molar-refractivity contribution < 1.29 is 73.5 Å². The molecule has 4 aromatic carbocycles. The first-order valence-corrected chi connectivity index (χ1v) is 12.4. The second-order valence-corrected chi connectivity index (χ2v) is 9.98. The number of benzene rings is 4. The minimum Gasteiger partial charge on any atom is -1.00 e. The van der Waals surface area contributed by atoms with E-state index in [-0.39, 0.29) is 73.5 Å². The summed E-state index contributed by atoms with van der Waals surface area (Å²) in [7, 11) is 8.04. The Morgan fingerprint density at radius 2 is 0.744 bits per heavy atom. The molecule has 0 aliphatic heterocycles. The molecule has 0 fully saturated rings. The SMILES string of the molecule is Cc1cc2nc3ccc(N(C)C)cc3nc2cc1N.Cc1cc2nc3ccc(N(C)C)cc3nc2cc1N.[Cl-].[Cl-].[Cl-].[Cl-].[H+].[H+].[Pt+2]. The van der Waals surface area contributed by atoms with Gasteiger partial charge in [-0.1, -0.05) is 0 Å². The Bertz CT molecular complexity index is 1730. The summed E-state index contributed by atoms with van der Waals surface area (Å²) in [5.41, 5.74) is 24.7. The van der Waals surface area contributed by atoms with Crippen molar-refractivity contribution in [3.8, 4) is 0 Å². The van der Waals surface area contributed by atoms with E-state index in [1.807, 2.05) is 103 Å². The third kappa shape index (κ3) is 8.61. The zero-order chi connectivity index (χ0) is 27.1. The van der Waals surface area contributed by atoms with Gasteiger partial charge < -0.3 is 70.9 Å². The largest absolute Gasteiger partial charge is 2.00 e. The third-order valence-electron chi connectivity index (χ3n) is 6.64. The Balaban J connectivity index is -0.000000678. The number of anilines is 4. The molecule has 8 nitrogen and oxygen atoms in total. The van der Waals surface area contributed by atoms with E-state index in [1.165, 1.54) is 0 Å². The molecule has 0 saturated heterocycles. The van der Waals surface area contributed by atoms with Crippen molar-refractivity contribution in [2.75, 3.05) is 49.5 Å². The van der Waals surface area contributed by atoms with E-state index >= 15 is 0 Å². The number of nitrogens with two attached hydrogens (primary N) is 2. The van der Waals surface area contributed by atoms with Crippen LogP contribution >= 0.6 is 0 Å². The standard InChI is InChI=1S/2C15H16N4.4ClH.Pt/c2*1-9-6-13-15(8-11(9)16)18-14-7-10(19(2)3)4-5-12(14)17-13;;;;;/h2*4-8H,16H2,1-3H3;4*1H;/q;;;;;;+2/p-2. The number of hydrogen-bond donors (Lipinski definition) is 2. The van der Waals surface area contributed by atoms with Gasteiger partial charge in [0.1, 0.15) is 0 Å². The molecular weight excluding hydrogens is 809 g/mol. The first kappa shape index (κ1) is 40.1. The van der Waals surface area contributed by atoms with Crippen LogP contribution in [0.5, 0.6) is 0 Å². The number of aromatic nitrogens is 4. The summed E-state index contributed by atoms with van der Waals surface area (Å²) in [5, 5.41) is 0. The second-order valence-electron chi connectivity index (χ2n) is 9.98. The molecule has 0 unspecified atom stereocenters. The summed E-state index contributed by atoms with van der Waals surface area (Å²) in [6.07, 6.45) is 0. The molecule has 0 saturated carbocycles. The van der Waals surface area contributed by atoms with Crippen LogP contribution in [0.15, 0.2) is 60.7 Å². The molecule has 0 aliphatic carbocycles. The van der Waals surface area contributed by atoms with Crippen LogP contribution in [-0.2, 0) is 21.1 Å². The predicted molar refractivity (Wildman–Crippen MR) is 163 cm³/mol. The normalized spacial score (nSPS) is 9.81. The molecule has 232 valence electrons. The van der Waals surface area contributed by atoms with Crippen LogP contribution in [0.1, 0.15) is 14.0 Å². The molecule has 2 aromatic heterocycles. The maximum atomic E-state index is 5.93. The fourth-order valence-electron chi connectivity index (χ4n) is 4.22. The Kier molecular flexibility index (Phi) is 15.2. The van der Waals surface area contributed by atoms with E-state index < -0.39 is 0 Å². The van der Waals surface area contributed by atoms with E-state index in [1.54, 1.807) is 0 Å². The van der Waals surface area contributed by atoms with Gasteiger partial charge in [0.25, 0.3) is 0 Å². The molecule has 6 rings (SSSR count). The summed E-state index contributed by atoms with van der Waals surface area (Å²) >= 11 is 0. The van der Waals surface area contributed by atoms with Gasteiger partial charge >= 0.3 is 23.9 Å². The number of aryl methyl sites for hydroxylation is 2. The van der Waals surface area contributed by atoms with Gasteiger partial charge in [-0.25, -0.2) is 19.9 Å². The quantitative estimate of drug-likeness (QED) is 0.131. The number of nitrogens with zero attached hydrogens (tertiary/aromatic N) is 6. The average Bonchev–Trinajstić information content (AvgIpc) is 2.87. The van der Waals surface area contributed by atoms with Gasteiger partial charge in [0.05, 0.1) is 44.1 Å². The van der Waals surface area contributed by atoms with Crippen molar-refractivity contribution in [1.82, 2.24) is 19.9 Å². The van der Waals surface area contributed by atoms with Gasteiger partial charge in [-0.15, -0.1) is 0 Å². The first-order chi connectivity index (χ1) is 18.1. The van der Waals surface area contributed by atoms with Crippen LogP contribution in [0.25, 0.3) is 44.1 Å². The van der Waals surface area contributed by atoms with Gasteiger partial charge in [-0.05, 0) is 85.6 Å². The van der Waals surface area contributed by atoms with E-state index in [0.29, 0.717) is 0 Å². The monoisotopic (exact) mass is 841 g/mol. The van der Waals surface area contributed by atoms with Crippen LogP contribution in [0.3, 0.4) is 0 Å². The molecule has 0 radical (unpaired) electrons. The molecule has 6 aromatic rings. The van der Waals surface area contributed by atoms with Crippen LogP contribution in [0, 0.1) is 13.8 Å². The fourth-order valence-corrected chi connectivity index (χ4v) is 4.22. The number of nitrogen functional groups attached to an aromatic ring is 2. The average molecular weight is 844 g/mol. The smallest absolute Gasteiger partial charge is 1.00 e. The zero-order valence-corrected chi connectivity index (χ0v) is 29.7. The Hall–Kier alpha value is -2.87. The van der Waals surface area contributed by atoms with Crippen molar-refractivity contribution in [2.24, 2.45) is 0 Å². The molecule has 0 aliphatic rings. The summed E-state index contributed by atoms with van der Waals surface area (Å²) in [4.78, 5) is 22.7. The summed E-state index contributed by atoms with van der Waals surface area (Å²) in [5.74, 6) is 0. The maximum Gasteiger partial charge on any atom is 2.00 e. The van der Waals surface area contributed by atoms with Gasteiger partial charge in [0.2, 0.25) is 0 Å². The molecule has 2 heterocycles. The Morgan fingerprint density at radius 1 is 0.465 bits per heavy atom. The van der Waals surface area contributed by atoms with Crippen LogP contribution in [0.2, 0.25) is 0 Å². The summed E-state index contributed by atoms with van der Waals surface area (Å²) in [6.45, 7) is 3.96. The minimum absolute atomic E-state index is 0. The molecule has 0 amide bonds. The van der Waals surface area contributed by atoms with Crippen LogP contribution in [0.4, 0.5) is 22.7 Å². The van der Waals surface area contributed by atoms with E-state index in [0.717, 1.165) is 78.0 Å². The van der Waals surface area contributed by atoms with Crippen molar-refractivity contribution >= 4 is 66.9 Å². The number of rotatable bonds is 2. The van der Waals surface area contributed by atoms with Gasteiger partial charge in [0, 0.05) is 50.9 Å². The van der Waals surface area contributed by atoms with Gasteiger partial charge in [-0.2, -0.15) is 0 Å². The molecule has 13 heteroatoms. The predicted octanol–water partition coefficient (Wildman–Crippen LogP) is -6.28. The number of halogens is 4. The summed E-state index contributed by atoms with van der Waals surface area (Å²) in [6, 6.07) is 19.9. The third-order valence-corrected chi connectivity index (χ3v) is 6.64. The zero-order valence-electron chi connectivity index (χ0n) is 26.4. The van der Waals surface area contributed by atoms with Crippen molar-refractivity contribution in [2.45, 2.75) is 13.8 Å². The van der Waals surface area contributed by atoms with Gasteiger partial charge in [-0.3, -0.25) is 0 Å². The molecule has 0 atom stereocenters.